The highest BCUT2D eigenvalue weighted by atomic mass is 32.2. The van der Waals surface area contributed by atoms with Gasteiger partial charge in [0.1, 0.15) is 0 Å². The zero-order chi connectivity index (χ0) is 36.7. The van der Waals surface area contributed by atoms with Gasteiger partial charge in [-0.1, -0.05) is 163 Å². The summed E-state index contributed by atoms with van der Waals surface area (Å²) in [7, 11) is 0. The van der Waals surface area contributed by atoms with Crippen LogP contribution < -0.4 is 0 Å². The van der Waals surface area contributed by atoms with Crippen molar-refractivity contribution in [3.63, 3.8) is 0 Å². The fourth-order valence-electron chi connectivity index (χ4n) is 9.10. The molecule has 0 amide bonds. The minimum Gasteiger partial charge on any atom is -0.378 e. The fourth-order valence-corrected chi connectivity index (χ4v) is 10.1. The van der Waals surface area contributed by atoms with Crippen molar-refractivity contribution in [3.8, 4) is 0 Å². The fraction of sp³-hybridized carbons (Fsp3) is 0.760. The second-order valence-electron chi connectivity index (χ2n) is 16.9. The number of hydrogen-bond donors (Lipinski definition) is 0. The van der Waals surface area contributed by atoms with Crippen molar-refractivity contribution in [2.75, 3.05) is 24.7 Å². The van der Waals surface area contributed by atoms with E-state index in [1.165, 1.54) is 215 Å². The maximum atomic E-state index is 6.25. The largest absolute Gasteiger partial charge is 0.378 e. The van der Waals surface area contributed by atoms with Crippen molar-refractivity contribution in [1.29, 1.82) is 0 Å². The summed E-state index contributed by atoms with van der Waals surface area (Å²) in [5, 5.41) is 0. The second kappa shape index (κ2) is 30.9. The molecule has 2 aliphatic heterocycles. The molecular formula is C50H82O2S. The summed E-state index contributed by atoms with van der Waals surface area (Å²) in [6.45, 7) is 1.97. The number of ether oxygens (including phenoxy) is 2. The van der Waals surface area contributed by atoms with E-state index in [-0.39, 0.29) is 0 Å². The summed E-state index contributed by atoms with van der Waals surface area (Å²) in [5.74, 6) is 4.27. The Labute approximate surface area is 333 Å². The zero-order valence-corrected chi connectivity index (χ0v) is 35.2. The quantitative estimate of drug-likeness (QED) is 0.0695. The van der Waals surface area contributed by atoms with Crippen molar-refractivity contribution >= 4 is 11.8 Å². The monoisotopic (exact) mass is 747 g/mol. The second-order valence-corrected chi connectivity index (χ2v) is 18.2. The van der Waals surface area contributed by atoms with Crippen molar-refractivity contribution in [2.24, 2.45) is 11.8 Å². The van der Waals surface area contributed by atoms with Crippen LogP contribution in [0.2, 0.25) is 0 Å². The molecule has 0 spiro atoms. The molecule has 2 heterocycles. The van der Waals surface area contributed by atoms with Crippen LogP contribution in [0.4, 0.5) is 0 Å². The Bertz CT molecular complexity index is 978. The number of benzene rings is 2. The number of hydrogen-bond acceptors (Lipinski definition) is 3. The summed E-state index contributed by atoms with van der Waals surface area (Å²) in [6.07, 6.45) is 42.4. The summed E-state index contributed by atoms with van der Waals surface area (Å²) in [6, 6.07) is 22.2. The number of thioether (sulfide) groups is 1. The van der Waals surface area contributed by atoms with Gasteiger partial charge in [0.25, 0.3) is 0 Å². The van der Waals surface area contributed by atoms with Crippen molar-refractivity contribution < 1.29 is 9.47 Å². The van der Waals surface area contributed by atoms with Crippen LogP contribution in [-0.4, -0.2) is 36.9 Å². The Morgan fingerprint density at radius 1 is 0.415 bits per heavy atom. The summed E-state index contributed by atoms with van der Waals surface area (Å²) < 4.78 is 12.5. The van der Waals surface area contributed by atoms with Crippen LogP contribution >= 0.6 is 11.8 Å². The Kier molecular flexibility index (Phi) is 25.9. The molecule has 0 saturated carbocycles. The van der Waals surface area contributed by atoms with Crippen molar-refractivity contribution in [2.45, 2.75) is 205 Å². The van der Waals surface area contributed by atoms with E-state index in [2.05, 4.69) is 72.4 Å². The average Bonchev–Trinajstić information content (AvgIpc) is 3.21. The molecule has 4 unspecified atom stereocenters. The molecule has 300 valence electrons. The third kappa shape index (κ3) is 21.6. The van der Waals surface area contributed by atoms with Gasteiger partial charge in [-0.05, 0) is 124 Å². The lowest BCUT2D eigenvalue weighted by molar-refractivity contribution is -0.0260. The molecule has 0 bridgehead atoms. The van der Waals surface area contributed by atoms with Crippen LogP contribution in [0.15, 0.2) is 60.7 Å². The lowest BCUT2D eigenvalue weighted by Gasteiger charge is -2.31. The van der Waals surface area contributed by atoms with Crippen LogP contribution in [0.1, 0.15) is 191 Å². The molecule has 2 nitrogen and oxygen atoms in total. The Morgan fingerprint density at radius 3 is 1.13 bits per heavy atom. The van der Waals surface area contributed by atoms with Gasteiger partial charge in [0, 0.05) is 13.2 Å². The van der Waals surface area contributed by atoms with Crippen LogP contribution in [0, 0.1) is 11.8 Å². The van der Waals surface area contributed by atoms with E-state index in [9.17, 15) is 0 Å². The van der Waals surface area contributed by atoms with Crippen LogP contribution in [0.5, 0.6) is 0 Å². The highest BCUT2D eigenvalue weighted by Crippen LogP contribution is 2.30. The standard InChI is InChI=1S/C50H82O2S/c1(3-7-11-21-33-47(49-35-23-25-41-51-49)39-37-45-29-17-15-18-30-45)5-9-13-27-43-53-44-28-14-10-6-2-4-8-12-22-34-48(50-36-24-26-42-52-50)40-38-46-31-19-16-20-32-46/h15-20,29-32,47-50H,1-14,21-28,33-44H2. The summed E-state index contributed by atoms with van der Waals surface area (Å²) >= 11 is 2.22. The van der Waals surface area contributed by atoms with Gasteiger partial charge >= 0.3 is 0 Å². The molecular weight excluding hydrogens is 665 g/mol. The van der Waals surface area contributed by atoms with Gasteiger partial charge in [0.15, 0.2) is 0 Å². The summed E-state index contributed by atoms with van der Waals surface area (Å²) in [4.78, 5) is 0. The Morgan fingerprint density at radius 2 is 0.774 bits per heavy atom. The van der Waals surface area contributed by atoms with E-state index in [0.717, 1.165) is 25.0 Å². The summed E-state index contributed by atoms with van der Waals surface area (Å²) in [5.41, 5.74) is 2.98. The predicted molar refractivity (Wildman–Crippen MR) is 233 cm³/mol. The van der Waals surface area contributed by atoms with E-state index in [4.69, 9.17) is 9.47 Å². The van der Waals surface area contributed by atoms with Gasteiger partial charge in [-0.15, -0.1) is 0 Å². The Balaban J connectivity index is 0.864. The van der Waals surface area contributed by atoms with Gasteiger partial charge in [0.05, 0.1) is 12.2 Å². The van der Waals surface area contributed by atoms with E-state index in [0.29, 0.717) is 12.2 Å². The first-order chi connectivity index (χ1) is 26.4. The predicted octanol–water partition coefficient (Wildman–Crippen LogP) is 15.2. The number of rotatable bonds is 32. The van der Waals surface area contributed by atoms with E-state index >= 15 is 0 Å². The smallest absolute Gasteiger partial charge is 0.0603 e. The minimum atomic E-state index is 0.517. The lowest BCUT2D eigenvalue weighted by atomic mass is 9.86. The molecule has 0 radical (unpaired) electrons. The highest BCUT2D eigenvalue weighted by Gasteiger charge is 2.25. The molecule has 2 aromatic carbocycles. The first kappa shape index (κ1) is 44.4. The molecule has 4 rings (SSSR count). The maximum Gasteiger partial charge on any atom is 0.0603 e. The van der Waals surface area contributed by atoms with Crippen molar-refractivity contribution in [3.05, 3.63) is 71.8 Å². The normalized spacial score (nSPS) is 18.9. The van der Waals surface area contributed by atoms with Crippen LogP contribution in [-0.2, 0) is 22.3 Å². The molecule has 2 aromatic rings. The third-order valence-corrected chi connectivity index (χ3v) is 13.7. The molecule has 4 atom stereocenters. The molecule has 0 N–H and O–H groups in total. The lowest BCUT2D eigenvalue weighted by Crippen LogP contribution is -2.28. The van der Waals surface area contributed by atoms with Gasteiger partial charge < -0.3 is 9.47 Å². The minimum absolute atomic E-state index is 0.517. The average molecular weight is 747 g/mol. The zero-order valence-electron chi connectivity index (χ0n) is 34.3. The van der Waals surface area contributed by atoms with Gasteiger partial charge in [-0.3, -0.25) is 0 Å². The van der Waals surface area contributed by atoms with E-state index in [1.807, 2.05) is 0 Å². The number of aryl methyl sites for hydroxylation is 2. The molecule has 2 fully saturated rings. The first-order valence-electron chi connectivity index (χ1n) is 23.3. The molecule has 53 heavy (non-hydrogen) atoms. The molecule has 2 saturated heterocycles. The van der Waals surface area contributed by atoms with Gasteiger partial charge in [0.2, 0.25) is 0 Å². The third-order valence-electron chi connectivity index (χ3n) is 12.5. The van der Waals surface area contributed by atoms with E-state index in [1.54, 1.807) is 0 Å². The number of unbranched alkanes of at least 4 members (excludes halogenated alkanes) is 16. The van der Waals surface area contributed by atoms with Gasteiger partial charge in [-0.25, -0.2) is 0 Å². The van der Waals surface area contributed by atoms with E-state index < -0.39 is 0 Å². The SMILES string of the molecule is c1ccc(CCC(CCCCCCCCCCCSCCCCCCCCCCCC(CCc2ccccc2)C2CCCCO2)C2CCCCO2)cc1. The highest BCUT2D eigenvalue weighted by molar-refractivity contribution is 7.99. The molecule has 0 aromatic heterocycles. The molecule has 2 aliphatic rings. The van der Waals surface area contributed by atoms with Crippen LogP contribution in [0.3, 0.4) is 0 Å². The van der Waals surface area contributed by atoms with Crippen molar-refractivity contribution in [1.82, 2.24) is 0 Å². The van der Waals surface area contributed by atoms with Crippen LogP contribution in [0.25, 0.3) is 0 Å². The van der Waals surface area contributed by atoms with Gasteiger partial charge in [-0.2, -0.15) is 11.8 Å². The first-order valence-corrected chi connectivity index (χ1v) is 24.4. The Hall–Kier alpha value is -1.29. The maximum absolute atomic E-state index is 6.25. The molecule has 3 heteroatoms. The topological polar surface area (TPSA) is 18.5 Å². The molecule has 0 aliphatic carbocycles.